The first-order valence-electron chi connectivity index (χ1n) is 12.2. The van der Waals surface area contributed by atoms with Gasteiger partial charge in [0, 0.05) is 53.8 Å². The molecule has 3 aliphatic rings. The molecule has 188 valence electrons. The largest absolute Gasteiger partial charge is 0.434 e. The first-order valence-corrected chi connectivity index (χ1v) is 12.2. The van der Waals surface area contributed by atoms with Crippen LogP contribution in [0, 0.1) is 0 Å². The number of amides is 1. The van der Waals surface area contributed by atoms with E-state index in [1.807, 2.05) is 6.07 Å². The molecule has 4 heterocycles. The van der Waals surface area contributed by atoms with Gasteiger partial charge in [-0.2, -0.15) is 13.9 Å². The van der Waals surface area contributed by atoms with E-state index in [-0.39, 0.29) is 23.6 Å². The average Bonchev–Trinajstić information content (AvgIpc) is 3.40. The smallest absolute Gasteiger partial charge is 0.387 e. The van der Waals surface area contributed by atoms with Gasteiger partial charge in [0.1, 0.15) is 11.6 Å². The maximum Gasteiger partial charge on any atom is 0.387 e. The minimum Gasteiger partial charge on any atom is -0.434 e. The van der Waals surface area contributed by atoms with Crippen LogP contribution in [0.2, 0.25) is 0 Å². The van der Waals surface area contributed by atoms with Crippen LogP contribution in [0.4, 0.5) is 8.78 Å². The fraction of sp³-hybridized carbons (Fsp3) is 0.346. The molecule has 1 aromatic carbocycles. The highest BCUT2D eigenvalue weighted by Crippen LogP contribution is 2.53. The second kappa shape index (κ2) is 7.75. The maximum atomic E-state index is 13.3. The number of fused-ring (bicyclic) bond motifs is 9. The Hall–Kier alpha value is -3.99. The van der Waals surface area contributed by atoms with Crippen molar-refractivity contribution < 1.29 is 18.3 Å². The molecule has 37 heavy (non-hydrogen) atoms. The zero-order chi connectivity index (χ0) is 25.5. The fourth-order valence-electron chi connectivity index (χ4n) is 5.88. The highest BCUT2D eigenvalue weighted by molar-refractivity contribution is 5.98. The Bertz CT molecular complexity index is 1570. The summed E-state index contributed by atoms with van der Waals surface area (Å²) in [5.74, 6) is 0.00193. The van der Waals surface area contributed by atoms with Gasteiger partial charge in [-0.3, -0.25) is 4.79 Å². The molecule has 0 radical (unpaired) electrons. The molecular weight excluding hydrogens is 480 g/mol. The molecule has 11 heteroatoms. The molecular formula is C26H23F2N7O2. The predicted octanol–water partition coefficient (Wildman–Crippen LogP) is 3.79. The SMILES string of the molecule is CN1C(=O)c2cccc(OC(F)F)c2[C@@H]2C[C@H]1c1nn3ccc(-c4cnc(C5(N)CCC5)nc4)nc3c12. The molecule has 1 aliphatic heterocycles. The Morgan fingerprint density at radius 3 is 2.65 bits per heavy atom. The third-order valence-corrected chi connectivity index (χ3v) is 7.96. The highest BCUT2D eigenvalue weighted by atomic mass is 19.3. The lowest BCUT2D eigenvalue weighted by Gasteiger charge is -2.36. The fourth-order valence-corrected chi connectivity index (χ4v) is 5.88. The lowest BCUT2D eigenvalue weighted by Crippen LogP contribution is -2.44. The van der Waals surface area contributed by atoms with E-state index in [1.165, 1.54) is 6.07 Å². The van der Waals surface area contributed by atoms with E-state index < -0.39 is 12.2 Å². The number of alkyl halides is 2. The van der Waals surface area contributed by atoms with Crippen LogP contribution in [0.3, 0.4) is 0 Å². The molecule has 2 bridgehead atoms. The lowest BCUT2D eigenvalue weighted by molar-refractivity contribution is -0.0505. The van der Waals surface area contributed by atoms with Crippen molar-refractivity contribution in [3.8, 4) is 17.0 Å². The van der Waals surface area contributed by atoms with Crippen LogP contribution in [-0.2, 0) is 5.54 Å². The van der Waals surface area contributed by atoms with Crippen molar-refractivity contribution in [1.82, 2.24) is 29.5 Å². The van der Waals surface area contributed by atoms with E-state index in [2.05, 4.69) is 9.97 Å². The summed E-state index contributed by atoms with van der Waals surface area (Å²) in [5, 5.41) is 4.75. The van der Waals surface area contributed by atoms with Crippen LogP contribution in [-0.4, -0.2) is 49.0 Å². The highest BCUT2D eigenvalue weighted by Gasteiger charge is 2.46. The summed E-state index contributed by atoms with van der Waals surface area (Å²) >= 11 is 0. The van der Waals surface area contributed by atoms with Gasteiger partial charge in [-0.1, -0.05) is 6.07 Å². The Balaban J connectivity index is 1.37. The Morgan fingerprint density at radius 2 is 1.95 bits per heavy atom. The number of hydrogen-bond acceptors (Lipinski definition) is 7. The van der Waals surface area contributed by atoms with Gasteiger partial charge < -0.3 is 15.4 Å². The van der Waals surface area contributed by atoms with Crippen molar-refractivity contribution in [3.05, 3.63) is 71.1 Å². The molecule has 1 fully saturated rings. The van der Waals surface area contributed by atoms with Gasteiger partial charge in [0.2, 0.25) is 0 Å². The Morgan fingerprint density at radius 1 is 1.16 bits per heavy atom. The third kappa shape index (κ3) is 3.19. The molecule has 2 aliphatic carbocycles. The van der Waals surface area contributed by atoms with Crippen LogP contribution in [0.15, 0.2) is 42.9 Å². The molecule has 1 amide bonds. The van der Waals surface area contributed by atoms with Gasteiger partial charge >= 0.3 is 6.61 Å². The molecule has 0 saturated heterocycles. The van der Waals surface area contributed by atoms with E-state index in [9.17, 15) is 13.6 Å². The molecule has 9 nitrogen and oxygen atoms in total. The van der Waals surface area contributed by atoms with Gasteiger partial charge in [0.05, 0.1) is 23.0 Å². The topological polar surface area (TPSA) is 112 Å². The minimum atomic E-state index is -3.01. The molecule has 4 aromatic rings. The third-order valence-electron chi connectivity index (χ3n) is 7.96. The summed E-state index contributed by atoms with van der Waals surface area (Å²) < 4.78 is 33.1. The number of carbonyl (C=O) groups excluding carboxylic acids is 1. The second-order valence-corrected chi connectivity index (χ2v) is 10.0. The summed E-state index contributed by atoms with van der Waals surface area (Å²) in [5.41, 5.74) is 10.2. The number of benzene rings is 1. The van der Waals surface area contributed by atoms with Crippen LogP contribution >= 0.6 is 0 Å². The zero-order valence-electron chi connectivity index (χ0n) is 19.9. The van der Waals surface area contributed by atoms with Gasteiger partial charge in [-0.15, -0.1) is 0 Å². The van der Waals surface area contributed by atoms with Crippen molar-refractivity contribution in [2.75, 3.05) is 7.05 Å². The molecule has 7 rings (SSSR count). The van der Waals surface area contributed by atoms with Crippen LogP contribution < -0.4 is 10.5 Å². The van der Waals surface area contributed by atoms with Crippen molar-refractivity contribution >= 4 is 11.6 Å². The number of aromatic nitrogens is 5. The van der Waals surface area contributed by atoms with Crippen molar-refractivity contribution in [1.29, 1.82) is 0 Å². The minimum absolute atomic E-state index is 0.000971. The van der Waals surface area contributed by atoms with Crippen molar-refractivity contribution in [2.45, 2.75) is 49.8 Å². The molecule has 3 aromatic heterocycles. The molecule has 2 N–H and O–H groups in total. The first-order chi connectivity index (χ1) is 17.8. The van der Waals surface area contributed by atoms with E-state index in [0.29, 0.717) is 40.4 Å². The average molecular weight is 504 g/mol. The van der Waals surface area contributed by atoms with Gasteiger partial charge in [0.15, 0.2) is 5.65 Å². The van der Waals surface area contributed by atoms with Crippen LogP contribution in [0.25, 0.3) is 16.9 Å². The lowest BCUT2D eigenvalue weighted by atomic mass is 9.77. The quantitative estimate of drug-likeness (QED) is 0.451. The van der Waals surface area contributed by atoms with Crippen molar-refractivity contribution in [3.63, 3.8) is 0 Å². The summed E-state index contributed by atoms with van der Waals surface area (Å²) in [6.45, 7) is -3.01. The van der Waals surface area contributed by atoms with E-state index in [0.717, 1.165) is 30.4 Å². The van der Waals surface area contributed by atoms with Gasteiger partial charge in [0.25, 0.3) is 5.91 Å². The number of carbonyl (C=O) groups is 1. The zero-order valence-corrected chi connectivity index (χ0v) is 19.9. The predicted molar refractivity (Wildman–Crippen MR) is 128 cm³/mol. The standard InChI is InChI=1S/C26H23F2N7O2/c1-34-17-10-15(19-14(23(34)36)4-2-5-18(19)37-25(27)28)20-21(17)33-35-9-6-16(32-22(20)35)13-11-30-24(31-12-13)26(29)7-3-8-26/h2,4-6,9,11-12,15,17,25H,3,7-8,10,29H2,1H3/t15-,17-/m0/s1. The summed E-state index contributed by atoms with van der Waals surface area (Å²) in [4.78, 5) is 28.8. The number of nitrogens with two attached hydrogens (primary N) is 1. The summed E-state index contributed by atoms with van der Waals surface area (Å²) in [6, 6.07) is 6.21. The molecule has 0 spiro atoms. The normalized spacial score (nSPS) is 21.5. The van der Waals surface area contributed by atoms with Gasteiger partial charge in [-0.05, 0) is 43.9 Å². The summed E-state index contributed by atoms with van der Waals surface area (Å²) in [6.07, 6.45) is 8.58. The van der Waals surface area contributed by atoms with E-state index >= 15 is 0 Å². The summed E-state index contributed by atoms with van der Waals surface area (Å²) in [7, 11) is 1.71. The van der Waals surface area contributed by atoms with Crippen molar-refractivity contribution in [2.24, 2.45) is 5.73 Å². The molecule has 2 atom stereocenters. The first kappa shape index (κ1) is 22.2. The number of ether oxygens (including phenoxy) is 1. The maximum absolute atomic E-state index is 13.3. The molecule has 0 unspecified atom stereocenters. The van der Waals surface area contributed by atoms with Crippen LogP contribution in [0.5, 0.6) is 5.75 Å². The Labute approximate surface area is 210 Å². The number of halogens is 2. The van der Waals surface area contributed by atoms with Gasteiger partial charge in [-0.25, -0.2) is 19.5 Å². The van der Waals surface area contributed by atoms with E-state index in [1.54, 1.807) is 47.2 Å². The molecule has 1 saturated carbocycles. The number of rotatable bonds is 4. The second-order valence-electron chi connectivity index (χ2n) is 10.0. The number of hydrogen-bond donors (Lipinski definition) is 1. The van der Waals surface area contributed by atoms with Crippen LogP contribution in [0.1, 0.15) is 70.6 Å². The monoisotopic (exact) mass is 503 g/mol. The number of nitrogens with zero attached hydrogens (tertiary/aromatic N) is 6. The Kier molecular flexibility index (Phi) is 4.66. The van der Waals surface area contributed by atoms with E-state index in [4.69, 9.17) is 20.6 Å².